The van der Waals surface area contributed by atoms with Crippen molar-refractivity contribution in [3.8, 4) is 0 Å². The lowest BCUT2D eigenvalue weighted by atomic mass is 9.88. The Labute approximate surface area is 75.3 Å². The van der Waals surface area contributed by atoms with Gasteiger partial charge in [0, 0.05) is 13.0 Å². The van der Waals surface area contributed by atoms with Crippen LogP contribution in [0.25, 0.3) is 0 Å². The molecule has 0 aromatic rings. The predicted octanol–water partition coefficient (Wildman–Crippen LogP) is 2.42. The maximum Gasteiger partial charge on any atom is 0.167 e. The number of ketones is 1. The van der Waals surface area contributed by atoms with E-state index in [-0.39, 0.29) is 11.7 Å². The average molecular weight is 172 g/mol. The molecule has 0 aliphatic heterocycles. The van der Waals surface area contributed by atoms with Crippen LogP contribution in [0.5, 0.6) is 0 Å². The Balaban J connectivity index is 4.41. The molecule has 0 bridgehead atoms. The van der Waals surface area contributed by atoms with Crippen LogP contribution < -0.4 is 0 Å². The van der Waals surface area contributed by atoms with Crippen molar-refractivity contribution in [3.05, 3.63) is 0 Å². The van der Waals surface area contributed by atoms with Crippen molar-refractivity contribution >= 4 is 5.78 Å². The molecule has 0 aromatic carbocycles. The van der Waals surface area contributed by atoms with E-state index in [1.165, 1.54) is 0 Å². The topological polar surface area (TPSA) is 26.3 Å². The molecule has 0 amide bonds. The maximum absolute atomic E-state index is 11.7. The number of hydrogen-bond donors (Lipinski definition) is 0. The first kappa shape index (κ1) is 11.6. The van der Waals surface area contributed by atoms with Gasteiger partial charge in [0.2, 0.25) is 0 Å². The van der Waals surface area contributed by atoms with E-state index in [2.05, 4.69) is 0 Å². The molecule has 0 saturated heterocycles. The molecule has 2 unspecified atom stereocenters. The number of Topliss-reactive ketones (excluding diaryl/α,β-unsaturated/α-hetero) is 1. The van der Waals surface area contributed by atoms with Crippen LogP contribution in [0.1, 0.15) is 40.5 Å². The summed E-state index contributed by atoms with van der Waals surface area (Å²) in [6.45, 7) is 7.81. The SMILES string of the molecule is CCC(C)C(=O)C(C)(CC)OC. The average Bonchev–Trinajstić information content (AvgIpc) is 2.14. The highest BCUT2D eigenvalue weighted by Crippen LogP contribution is 2.21. The third kappa shape index (κ3) is 2.31. The van der Waals surface area contributed by atoms with E-state index >= 15 is 0 Å². The molecule has 0 aliphatic carbocycles. The summed E-state index contributed by atoms with van der Waals surface area (Å²) >= 11 is 0. The Bertz CT molecular complexity index is 148. The largest absolute Gasteiger partial charge is 0.371 e. The van der Waals surface area contributed by atoms with Crippen molar-refractivity contribution in [1.82, 2.24) is 0 Å². The van der Waals surface area contributed by atoms with Crippen LogP contribution in [0.2, 0.25) is 0 Å². The van der Waals surface area contributed by atoms with Crippen LogP contribution in [0.3, 0.4) is 0 Å². The van der Waals surface area contributed by atoms with E-state index in [0.29, 0.717) is 0 Å². The highest BCUT2D eigenvalue weighted by Gasteiger charge is 2.33. The highest BCUT2D eigenvalue weighted by atomic mass is 16.5. The van der Waals surface area contributed by atoms with Gasteiger partial charge >= 0.3 is 0 Å². The Kier molecular flexibility index (Phi) is 4.46. The number of hydrogen-bond acceptors (Lipinski definition) is 2. The molecule has 0 aromatic heterocycles. The van der Waals surface area contributed by atoms with Gasteiger partial charge in [0.05, 0.1) is 0 Å². The van der Waals surface area contributed by atoms with Crippen molar-refractivity contribution in [2.45, 2.75) is 46.1 Å². The second-order valence-electron chi connectivity index (χ2n) is 3.46. The van der Waals surface area contributed by atoms with Gasteiger partial charge in [0.25, 0.3) is 0 Å². The zero-order valence-corrected chi connectivity index (χ0v) is 8.81. The second-order valence-corrected chi connectivity index (χ2v) is 3.46. The number of rotatable bonds is 5. The van der Waals surface area contributed by atoms with E-state index in [9.17, 15) is 4.79 Å². The maximum atomic E-state index is 11.7. The molecular formula is C10H20O2. The molecule has 12 heavy (non-hydrogen) atoms. The van der Waals surface area contributed by atoms with Crippen LogP contribution in [0.15, 0.2) is 0 Å². The fourth-order valence-corrected chi connectivity index (χ4v) is 1.13. The molecule has 0 radical (unpaired) electrons. The summed E-state index contributed by atoms with van der Waals surface area (Å²) < 4.78 is 5.22. The Morgan fingerprint density at radius 2 is 2.00 bits per heavy atom. The van der Waals surface area contributed by atoms with Gasteiger partial charge in [0.1, 0.15) is 5.60 Å². The Morgan fingerprint density at radius 1 is 1.50 bits per heavy atom. The predicted molar refractivity (Wildman–Crippen MR) is 50.2 cm³/mol. The molecule has 0 aliphatic rings. The second kappa shape index (κ2) is 4.61. The van der Waals surface area contributed by atoms with E-state index in [4.69, 9.17) is 4.74 Å². The van der Waals surface area contributed by atoms with Gasteiger partial charge in [-0.2, -0.15) is 0 Å². The normalized spacial score (nSPS) is 18.4. The number of methoxy groups -OCH3 is 1. The summed E-state index contributed by atoms with van der Waals surface area (Å²) in [7, 11) is 1.60. The van der Waals surface area contributed by atoms with E-state index in [0.717, 1.165) is 12.8 Å². The number of carbonyl (C=O) groups is 1. The molecule has 2 nitrogen and oxygen atoms in total. The molecule has 0 saturated carbocycles. The molecule has 0 rings (SSSR count). The minimum atomic E-state index is -0.574. The third-order valence-electron chi connectivity index (χ3n) is 2.71. The van der Waals surface area contributed by atoms with Gasteiger partial charge in [0.15, 0.2) is 5.78 Å². The summed E-state index contributed by atoms with van der Waals surface area (Å²) in [6.07, 6.45) is 1.63. The lowest BCUT2D eigenvalue weighted by molar-refractivity contribution is -0.143. The summed E-state index contributed by atoms with van der Waals surface area (Å²) in [6, 6.07) is 0. The van der Waals surface area contributed by atoms with Crippen LogP contribution >= 0.6 is 0 Å². The lowest BCUT2D eigenvalue weighted by Crippen LogP contribution is -2.40. The van der Waals surface area contributed by atoms with Crippen molar-refractivity contribution in [3.63, 3.8) is 0 Å². The molecular weight excluding hydrogens is 152 g/mol. The molecule has 0 spiro atoms. The van der Waals surface area contributed by atoms with Gasteiger partial charge in [-0.1, -0.05) is 20.8 Å². The standard InChI is InChI=1S/C10H20O2/c1-6-8(3)9(11)10(4,7-2)12-5/h8H,6-7H2,1-5H3. The van der Waals surface area contributed by atoms with Crippen LogP contribution in [0.4, 0.5) is 0 Å². The molecule has 0 N–H and O–H groups in total. The van der Waals surface area contributed by atoms with Crippen molar-refractivity contribution in [1.29, 1.82) is 0 Å². The minimum Gasteiger partial charge on any atom is -0.371 e. The quantitative estimate of drug-likeness (QED) is 0.636. The summed E-state index contributed by atoms with van der Waals surface area (Å²) in [5.41, 5.74) is -0.574. The molecule has 2 heteroatoms. The first-order valence-electron chi connectivity index (χ1n) is 4.61. The van der Waals surface area contributed by atoms with Gasteiger partial charge < -0.3 is 4.74 Å². The van der Waals surface area contributed by atoms with Crippen molar-refractivity contribution in [2.24, 2.45) is 5.92 Å². The van der Waals surface area contributed by atoms with Crippen LogP contribution in [0, 0.1) is 5.92 Å². The van der Waals surface area contributed by atoms with E-state index < -0.39 is 5.60 Å². The van der Waals surface area contributed by atoms with Gasteiger partial charge in [-0.3, -0.25) is 4.79 Å². The Morgan fingerprint density at radius 3 is 2.25 bits per heavy atom. The fourth-order valence-electron chi connectivity index (χ4n) is 1.13. The third-order valence-corrected chi connectivity index (χ3v) is 2.71. The molecule has 72 valence electrons. The summed E-state index contributed by atoms with van der Waals surface area (Å²) in [4.78, 5) is 11.7. The van der Waals surface area contributed by atoms with Crippen LogP contribution in [-0.4, -0.2) is 18.5 Å². The van der Waals surface area contributed by atoms with Gasteiger partial charge in [-0.25, -0.2) is 0 Å². The monoisotopic (exact) mass is 172 g/mol. The molecule has 0 fully saturated rings. The first-order valence-corrected chi connectivity index (χ1v) is 4.61. The fraction of sp³-hybridized carbons (Fsp3) is 0.900. The zero-order chi connectivity index (χ0) is 9.78. The summed E-state index contributed by atoms with van der Waals surface area (Å²) in [5.74, 6) is 0.324. The first-order chi connectivity index (χ1) is 5.51. The number of ether oxygens (including phenoxy) is 1. The molecule has 0 heterocycles. The Hall–Kier alpha value is -0.370. The smallest absolute Gasteiger partial charge is 0.167 e. The van der Waals surface area contributed by atoms with E-state index in [1.54, 1.807) is 7.11 Å². The van der Waals surface area contributed by atoms with Gasteiger partial charge in [-0.15, -0.1) is 0 Å². The minimum absolute atomic E-state index is 0.106. The molecule has 2 atom stereocenters. The van der Waals surface area contributed by atoms with Crippen molar-refractivity contribution < 1.29 is 9.53 Å². The zero-order valence-electron chi connectivity index (χ0n) is 8.81. The van der Waals surface area contributed by atoms with E-state index in [1.807, 2.05) is 27.7 Å². The van der Waals surface area contributed by atoms with Crippen LogP contribution in [-0.2, 0) is 9.53 Å². The van der Waals surface area contributed by atoms with Gasteiger partial charge in [-0.05, 0) is 19.8 Å². The summed E-state index contributed by atoms with van der Waals surface area (Å²) in [5, 5.41) is 0. The lowest BCUT2D eigenvalue weighted by Gasteiger charge is -2.27. The number of carbonyl (C=O) groups excluding carboxylic acids is 1. The van der Waals surface area contributed by atoms with Crippen molar-refractivity contribution in [2.75, 3.05) is 7.11 Å². The highest BCUT2D eigenvalue weighted by molar-refractivity contribution is 5.88.